The quantitative estimate of drug-likeness (QED) is 0.824. The Bertz CT molecular complexity index is 723. The maximum absolute atomic E-state index is 11.5. The lowest BCUT2D eigenvalue weighted by Crippen LogP contribution is -2.43. The number of furan rings is 1. The highest BCUT2D eigenvalue weighted by molar-refractivity contribution is 6.30. The zero-order valence-electron chi connectivity index (χ0n) is 12.7. The van der Waals surface area contributed by atoms with Crippen molar-refractivity contribution < 1.29 is 9.21 Å². The fraction of sp³-hybridized carbons (Fsp3) is 0.278. The van der Waals surface area contributed by atoms with Gasteiger partial charge in [0.2, 0.25) is 5.91 Å². The minimum absolute atomic E-state index is 0.0530. The first-order chi connectivity index (χ1) is 11.1. The number of amides is 1. The van der Waals surface area contributed by atoms with Crippen molar-refractivity contribution in [2.45, 2.75) is 25.4 Å². The summed E-state index contributed by atoms with van der Waals surface area (Å²) >= 11 is 6.01. The van der Waals surface area contributed by atoms with E-state index < -0.39 is 0 Å². The van der Waals surface area contributed by atoms with Gasteiger partial charge in [0.1, 0.15) is 11.5 Å². The molecule has 1 aromatic heterocycles. The van der Waals surface area contributed by atoms with Crippen LogP contribution in [0.1, 0.15) is 18.6 Å². The van der Waals surface area contributed by atoms with Crippen LogP contribution in [0.4, 0.5) is 0 Å². The van der Waals surface area contributed by atoms with Crippen LogP contribution >= 0.6 is 11.6 Å². The molecular formula is C18H19ClN2O2. The second-order valence-electron chi connectivity index (χ2n) is 5.72. The van der Waals surface area contributed by atoms with Gasteiger partial charge in [0.25, 0.3) is 0 Å². The lowest BCUT2D eigenvalue weighted by atomic mass is 9.88. The minimum atomic E-state index is -0.258. The zero-order valence-corrected chi connectivity index (χ0v) is 13.4. The van der Waals surface area contributed by atoms with Gasteiger partial charge in [0.15, 0.2) is 0 Å². The molecule has 5 heteroatoms. The molecule has 0 radical (unpaired) electrons. The number of hydrogen-bond donors (Lipinski definition) is 2. The van der Waals surface area contributed by atoms with Crippen molar-refractivity contribution in [3.63, 3.8) is 0 Å². The zero-order chi connectivity index (χ0) is 16.2. The fourth-order valence-corrected chi connectivity index (χ4v) is 3.05. The normalized spacial score (nSPS) is 20.6. The summed E-state index contributed by atoms with van der Waals surface area (Å²) in [7, 11) is 0. The molecule has 1 amide bonds. The van der Waals surface area contributed by atoms with E-state index in [1.807, 2.05) is 42.5 Å². The molecular weight excluding hydrogens is 312 g/mol. The molecule has 0 fully saturated rings. The van der Waals surface area contributed by atoms with Crippen LogP contribution in [0.3, 0.4) is 0 Å². The maximum Gasteiger partial charge on any atom is 0.222 e. The third-order valence-electron chi connectivity index (χ3n) is 4.11. The van der Waals surface area contributed by atoms with Gasteiger partial charge in [-0.15, -0.1) is 0 Å². The van der Waals surface area contributed by atoms with E-state index >= 15 is 0 Å². The van der Waals surface area contributed by atoms with Gasteiger partial charge in [0.05, 0.1) is 12.5 Å². The summed E-state index contributed by atoms with van der Waals surface area (Å²) in [4.78, 5) is 11.5. The van der Waals surface area contributed by atoms with Crippen molar-refractivity contribution in [2.24, 2.45) is 11.7 Å². The van der Waals surface area contributed by atoms with Crippen LogP contribution in [0.25, 0.3) is 11.3 Å². The summed E-state index contributed by atoms with van der Waals surface area (Å²) in [5.41, 5.74) is 6.42. The topological polar surface area (TPSA) is 68.3 Å². The largest absolute Gasteiger partial charge is 0.460 e. The number of benzene rings is 1. The van der Waals surface area contributed by atoms with Crippen molar-refractivity contribution in [3.8, 4) is 11.3 Å². The Kier molecular flexibility index (Phi) is 4.84. The molecule has 3 rings (SSSR count). The number of allylic oxidation sites excluding steroid dienone is 1. The third-order valence-corrected chi connectivity index (χ3v) is 4.34. The van der Waals surface area contributed by atoms with Gasteiger partial charge in [-0.05, 0) is 37.1 Å². The van der Waals surface area contributed by atoms with E-state index in [9.17, 15) is 4.79 Å². The Balaban J connectivity index is 1.65. The van der Waals surface area contributed by atoms with E-state index in [4.69, 9.17) is 21.8 Å². The van der Waals surface area contributed by atoms with Crippen LogP contribution in [-0.4, -0.2) is 11.9 Å². The highest BCUT2D eigenvalue weighted by atomic mass is 35.5. The van der Waals surface area contributed by atoms with Crippen LogP contribution in [0, 0.1) is 5.92 Å². The van der Waals surface area contributed by atoms with Gasteiger partial charge in [-0.1, -0.05) is 35.9 Å². The van der Waals surface area contributed by atoms with Gasteiger partial charge in [0, 0.05) is 16.6 Å². The van der Waals surface area contributed by atoms with Crippen molar-refractivity contribution >= 4 is 17.5 Å². The van der Waals surface area contributed by atoms with E-state index in [0.717, 1.165) is 23.5 Å². The third kappa shape index (κ3) is 3.84. The summed E-state index contributed by atoms with van der Waals surface area (Å²) in [6.07, 6.45) is 5.59. The Morgan fingerprint density at radius 3 is 2.87 bits per heavy atom. The lowest BCUT2D eigenvalue weighted by Gasteiger charge is -2.26. The van der Waals surface area contributed by atoms with Gasteiger partial charge < -0.3 is 15.5 Å². The molecule has 2 aromatic rings. The number of halogens is 1. The van der Waals surface area contributed by atoms with Crippen LogP contribution in [0.2, 0.25) is 5.02 Å². The summed E-state index contributed by atoms with van der Waals surface area (Å²) in [5, 5.41) is 4.05. The van der Waals surface area contributed by atoms with E-state index in [-0.39, 0.29) is 17.9 Å². The molecule has 0 spiro atoms. The van der Waals surface area contributed by atoms with Gasteiger partial charge >= 0.3 is 0 Å². The Labute approximate surface area is 140 Å². The number of carbonyl (C=O) groups excluding carboxylic acids is 1. The first-order valence-electron chi connectivity index (χ1n) is 7.66. The molecule has 1 aromatic carbocycles. The van der Waals surface area contributed by atoms with Crippen molar-refractivity contribution in [1.82, 2.24) is 5.32 Å². The predicted molar refractivity (Wildman–Crippen MR) is 90.8 cm³/mol. The summed E-state index contributed by atoms with van der Waals surface area (Å²) < 4.78 is 5.86. The Hall–Kier alpha value is -2.04. The molecule has 1 aliphatic rings. The molecule has 0 saturated heterocycles. The number of carbonyl (C=O) groups is 1. The van der Waals surface area contributed by atoms with E-state index in [0.29, 0.717) is 18.0 Å². The first kappa shape index (κ1) is 15.8. The molecule has 23 heavy (non-hydrogen) atoms. The number of rotatable bonds is 5. The van der Waals surface area contributed by atoms with E-state index in [2.05, 4.69) is 11.4 Å². The van der Waals surface area contributed by atoms with E-state index in [1.54, 1.807) is 0 Å². The Morgan fingerprint density at radius 1 is 1.26 bits per heavy atom. The lowest BCUT2D eigenvalue weighted by molar-refractivity contribution is -0.122. The van der Waals surface area contributed by atoms with Crippen LogP contribution in [-0.2, 0) is 11.3 Å². The maximum atomic E-state index is 11.5. The number of nitrogens with two attached hydrogens (primary N) is 1. The summed E-state index contributed by atoms with van der Waals surface area (Å²) in [5.74, 6) is 1.17. The van der Waals surface area contributed by atoms with Crippen molar-refractivity contribution in [2.75, 3.05) is 0 Å². The smallest absolute Gasteiger partial charge is 0.222 e. The van der Waals surface area contributed by atoms with E-state index in [1.165, 1.54) is 0 Å². The molecule has 4 nitrogen and oxygen atoms in total. The van der Waals surface area contributed by atoms with Crippen molar-refractivity contribution in [1.29, 1.82) is 0 Å². The average Bonchev–Trinajstić information content (AvgIpc) is 3.02. The van der Waals surface area contributed by atoms with Gasteiger partial charge in [-0.2, -0.15) is 0 Å². The van der Waals surface area contributed by atoms with Gasteiger partial charge in [-0.25, -0.2) is 0 Å². The number of hydrogen-bond acceptors (Lipinski definition) is 3. The van der Waals surface area contributed by atoms with Crippen LogP contribution < -0.4 is 11.1 Å². The molecule has 1 aliphatic carbocycles. The molecule has 0 aliphatic heterocycles. The molecule has 1 heterocycles. The fourth-order valence-electron chi connectivity index (χ4n) is 2.86. The molecule has 2 atom stereocenters. The SMILES string of the molecule is NC(=O)[C@@H]1CC=CC[C@H]1NCc1ccc(-c2cccc(Cl)c2)o1. The second kappa shape index (κ2) is 7.02. The standard InChI is InChI=1S/C18H19ClN2O2/c19-13-5-3-4-12(10-13)17-9-8-14(23-17)11-21-16-7-2-1-6-15(16)18(20)22/h1-5,8-10,15-16,21H,6-7,11H2,(H2,20,22)/t15-,16-/m1/s1. The first-order valence-corrected chi connectivity index (χ1v) is 8.03. The minimum Gasteiger partial charge on any atom is -0.460 e. The number of nitrogens with one attached hydrogen (secondary N) is 1. The molecule has 0 saturated carbocycles. The Morgan fingerprint density at radius 2 is 2.09 bits per heavy atom. The van der Waals surface area contributed by atoms with Crippen LogP contribution in [0.5, 0.6) is 0 Å². The highest BCUT2D eigenvalue weighted by Crippen LogP contribution is 2.25. The van der Waals surface area contributed by atoms with Gasteiger partial charge in [-0.3, -0.25) is 4.79 Å². The molecule has 120 valence electrons. The average molecular weight is 331 g/mol. The highest BCUT2D eigenvalue weighted by Gasteiger charge is 2.26. The predicted octanol–water partition coefficient (Wildman–Crippen LogP) is 3.51. The molecule has 0 bridgehead atoms. The molecule has 3 N–H and O–H groups in total. The summed E-state index contributed by atoms with van der Waals surface area (Å²) in [6.45, 7) is 0.558. The second-order valence-corrected chi connectivity index (χ2v) is 6.15. The van der Waals surface area contributed by atoms with Crippen molar-refractivity contribution in [3.05, 3.63) is 59.3 Å². The summed E-state index contributed by atoms with van der Waals surface area (Å²) in [6, 6.07) is 11.5. The van der Waals surface area contributed by atoms with Crippen LogP contribution in [0.15, 0.2) is 53.0 Å². The number of primary amides is 1. The molecule has 0 unspecified atom stereocenters. The monoisotopic (exact) mass is 330 g/mol.